The summed E-state index contributed by atoms with van der Waals surface area (Å²) in [6.45, 7) is 4.44. The Morgan fingerprint density at radius 1 is 1.50 bits per heavy atom. The van der Waals surface area contributed by atoms with Gasteiger partial charge in [0.05, 0.1) is 18.3 Å². The van der Waals surface area contributed by atoms with E-state index in [0.717, 1.165) is 5.75 Å². The summed E-state index contributed by atoms with van der Waals surface area (Å²) in [6, 6.07) is 4.58. The van der Waals surface area contributed by atoms with Gasteiger partial charge in [-0.3, -0.25) is 0 Å². The summed E-state index contributed by atoms with van der Waals surface area (Å²) in [4.78, 5) is 1.31. The lowest BCUT2D eigenvalue weighted by atomic mass is 10.1. The molecule has 1 unspecified atom stereocenters. The van der Waals surface area contributed by atoms with Crippen LogP contribution in [0.15, 0.2) is 17.0 Å². The first-order valence-electron chi connectivity index (χ1n) is 4.82. The van der Waals surface area contributed by atoms with E-state index < -0.39 is 0 Å². The minimum Gasteiger partial charge on any atom is -0.394 e. The van der Waals surface area contributed by atoms with Crippen LogP contribution in [0.2, 0.25) is 0 Å². The monoisotopic (exact) mass is 209 g/mol. The molecule has 1 aromatic carbocycles. The molecule has 0 fully saturated rings. The molecule has 14 heavy (non-hydrogen) atoms. The van der Waals surface area contributed by atoms with E-state index in [2.05, 4.69) is 31.3 Å². The van der Waals surface area contributed by atoms with Crippen LogP contribution in [0, 0.1) is 13.8 Å². The highest BCUT2D eigenvalue weighted by molar-refractivity contribution is 7.99. The molecule has 0 spiro atoms. The summed E-state index contributed by atoms with van der Waals surface area (Å²) in [5, 5.41) is 12.5. The van der Waals surface area contributed by atoms with Crippen molar-refractivity contribution in [1.29, 1.82) is 0 Å². The van der Waals surface area contributed by atoms with E-state index in [0.29, 0.717) is 0 Å². The molecule has 2 rings (SSSR count). The van der Waals surface area contributed by atoms with Crippen molar-refractivity contribution in [3.8, 4) is 0 Å². The number of hydrogen-bond donors (Lipinski definition) is 2. The second kappa shape index (κ2) is 3.83. The van der Waals surface area contributed by atoms with Crippen molar-refractivity contribution in [3.63, 3.8) is 0 Å². The zero-order valence-electron chi connectivity index (χ0n) is 8.50. The van der Waals surface area contributed by atoms with E-state index in [-0.39, 0.29) is 12.6 Å². The third-order valence-corrected chi connectivity index (χ3v) is 3.65. The minimum absolute atomic E-state index is 0.203. The van der Waals surface area contributed by atoms with Gasteiger partial charge in [-0.15, -0.1) is 11.8 Å². The molecule has 3 heteroatoms. The molecule has 0 amide bonds. The van der Waals surface area contributed by atoms with Crippen LogP contribution in [0.1, 0.15) is 11.1 Å². The lowest BCUT2D eigenvalue weighted by Crippen LogP contribution is -2.29. The zero-order valence-corrected chi connectivity index (χ0v) is 9.32. The predicted octanol–water partition coefficient (Wildman–Crippen LogP) is 2.18. The molecule has 76 valence electrons. The average molecular weight is 209 g/mol. The minimum atomic E-state index is 0.203. The van der Waals surface area contributed by atoms with Crippen molar-refractivity contribution >= 4 is 17.4 Å². The highest BCUT2D eigenvalue weighted by atomic mass is 32.2. The molecule has 0 bridgehead atoms. The molecular weight excluding hydrogens is 194 g/mol. The number of hydrogen-bond acceptors (Lipinski definition) is 3. The molecule has 0 saturated heterocycles. The molecule has 0 radical (unpaired) electrons. The highest BCUT2D eigenvalue weighted by Crippen LogP contribution is 2.36. The van der Waals surface area contributed by atoms with Gasteiger partial charge in [-0.1, -0.05) is 6.07 Å². The summed E-state index contributed by atoms with van der Waals surface area (Å²) in [5.41, 5.74) is 3.77. The third kappa shape index (κ3) is 1.74. The summed E-state index contributed by atoms with van der Waals surface area (Å²) in [5.74, 6) is 0.951. The quantitative estimate of drug-likeness (QED) is 0.743. The van der Waals surface area contributed by atoms with Crippen molar-refractivity contribution in [1.82, 2.24) is 0 Å². The Hall–Kier alpha value is -0.670. The van der Waals surface area contributed by atoms with Crippen molar-refractivity contribution in [2.24, 2.45) is 0 Å². The summed E-state index contributed by atoms with van der Waals surface area (Å²) in [7, 11) is 0. The second-order valence-corrected chi connectivity index (χ2v) is 4.85. The molecule has 0 aromatic heterocycles. The number of thioether (sulfide) groups is 1. The van der Waals surface area contributed by atoms with Gasteiger partial charge in [0, 0.05) is 10.6 Å². The van der Waals surface area contributed by atoms with E-state index in [1.165, 1.54) is 21.7 Å². The van der Waals surface area contributed by atoms with Gasteiger partial charge in [0.15, 0.2) is 0 Å². The summed E-state index contributed by atoms with van der Waals surface area (Å²) >= 11 is 1.83. The molecule has 0 aliphatic carbocycles. The van der Waals surface area contributed by atoms with Crippen molar-refractivity contribution in [2.45, 2.75) is 24.8 Å². The van der Waals surface area contributed by atoms with Gasteiger partial charge in [-0.2, -0.15) is 0 Å². The van der Waals surface area contributed by atoms with Crippen LogP contribution in [0.3, 0.4) is 0 Å². The van der Waals surface area contributed by atoms with Crippen LogP contribution in [0.5, 0.6) is 0 Å². The van der Waals surface area contributed by atoms with Crippen LogP contribution < -0.4 is 5.32 Å². The number of benzene rings is 1. The van der Waals surface area contributed by atoms with Crippen molar-refractivity contribution < 1.29 is 5.11 Å². The second-order valence-electron chi connectivity index (χ2n) is 3.79. The first-order chi connectivity index (χ1) is 6.70. The summed E-state index contributed by atoms with van der Waals surface area (Å²) < 4.78 is 0. The smallest absolute Gasteiger partial charge is 0.0641 e. The molecular formula is C11H15NOS. The zero-order chi connectivity index (χ0) is 10.1. The number of rotatable bonds is 1. The first kappa shape index (κ1) is 9.87. The van der Waals surface area contributed by atoms with E-state index in [4.69, 9.17) is 5.11 Å². The first-order valence-corrected chi connectivity index (χ1v) is 5.80. The van der Waals surface area contributed by atoms with Gasteiger partial charge in [0.25, 0.3) is 0 Å². The van der Waals surface area contributed by atoms with E-state index in [9.17, 15) is 0 Å². The fourth-order valence-corrected chi connectivity index (χ4v) is 2.96. The van der Waals surface area contributed by atoms with Gasteiger partial charge in [-0.05, 0) is 31.0 Å². The third-order valence-electron chi connectivity index (χ3n) is 2.45. The van der Waals surface area contributed by atoms with Gasteiger partial charge in [0.2, 0.25) is 0 Å². The maximum Gasteiger partial charge on any atom is 0.0641 e. The molecule has 2 N–H and O–H groups in total. The normalized spacial score (nSPS) is 20.1. The van der Waals surface area contributed by atoms with Gasteiger partial charge >= 0.3 is 0 Å². The fourth-order valence-electron chi connectivity index (χ4n) is 1.76. The Bertz CT molecular complexity index is 351. The number of fused-ring (bicyclic) bond motifs is 1. The average Bonchev–Trinajstić information content (AvgIpc) is 2.17. The maximum atomic E-state index is 9.09. The van der Waals surface area contributed by atoms with Crippen LogP contribution >= 0.6 is 11.8 Å². The molecule has 1 heterocycles. The van der Waals surface area contributed by atoms with Gasteiger partial charge in [-0.25, -0.2) is 0 Å². The lowest BCUT2D eigenvalue weighted by Gasteiger charge is -2.26. The van der Waals surface area contributed by atoms with Crippen LogP contribution in [-0.4, -0.2) is 23.5 Å². The largest absolute Gasteiger partial charge is 0.394 e. The van der Waals surface area contributed by atoms with Gasteiger partial charge in [0.1, 0.15) is 0 Å². The topological polar surface area (TPSA) is 32.3 Å². The number of aryl methyl sites for hydroxylation is 2. The van der Waals surface area contributed by atoms with Crippen LogP contribution in [0.25, 0.3) is 0 Å². The Balaban J connectivity index is 2.37. The molecule has 0 saturated carbocycles. The molecule has 2 nitrogen and oxygen atoms in total. The Labute approximate surface area is 88.7 Å². The highest BCUT2D eigenvalue weighted by Gasteiger charge is 2.18. The predicted molar refractivity (Wildman–Crippen MR) is 61.1 cm³/mol. The van der Waals surface area contributed by atoms with Crippen molar-refractivity contribution in [2.75, 3.05) is 17.7 Å². The van der Waals surface area contributed by atoms with Crippen LogP contribution in [-0.2, 0) is 0 Å². The Morgan fingerprint density at radius 2 is 2.29 bits per heavy atom. The number of aliphatic hydroxyl groups excluding tert-OH is 1. The van der Waals surface area contributed by atoms with E-state index >= 15 is 0 Å². The maximum absolute atomic E-state index is 9.09. The van der Waals surface area contributed by atoms with Crippen molar-refractivity contribution in [3.05, 3.63) is 23.3 Å². The van der Waals surface area contributed by atoms with Gasteiger partial charge < -0.3 is 10.4 Å². The molecule has 1 aliphatic heterocycles. The van der Waals surface area contributed by atoms with E-state index in [1.807, 2.05) is 11.8 Å². The lowest BCUT2D eigenvalue weighted by molar-refractivity contribution is 0.282. The number of nitrogens with one attached hydrogen (secondary N) is 1. The van der Waals surface area contributed by atoms with E-state index in [1.54, 1.807) is 0 Å². The molecule has 1 atom stereocenters. The number of aliphatic hydroxyl groups is 1. The number of anilines is 1. The van der Waals surface area contributed by atoms with Crippen LogP contribution in [0.4, 0.5) is 5.69 Å². The molecule has 1 aromatic rings. The Kier molecular flexibility index (Phi) is 2.70. The Morgan fingerprint density at radius 3 is 3.00 bits per heavy atom. The fraction of sp³-hybridized carbons (Fsp3) is 0.455. The summed E-state index contributed by atoms with van der Waals surface area (Å²) in [6.07, 6.45) is 0. The standard InChI is InChI=1S/C11H15NOS/c1-7-3-8(2)11-10(4-7)14-6-9(5-13)12-11/h3-4,9,12-13H,5-6H2,1-2H3. The SMILES string of the molecule is Cc1cc(C)c2c(c1)SCC(CO)N2. The molecule has 1 aliphatic rings.